The van der Waals surface area contributed by atoms with Crippen LogP contribution in [0.5, 0.6) is 0 Å². The first-order chi connectivity index (χ1) is 13.6. The quantitative estimate of drug-likeness (QED) is 0.705. The maximum atomic E-state index is 11.9. The van der Waals surface area contributed by atoms with E-state index in [2.05, 4.69) is 17.0 Å². The first kappa shape index (κ1) is 18.8. The molecule has 0 radical (unpaired) electrons. The van der Waals surface area contributed by atoms with Crippen molar-refractivity contribution in [2.75, 3.05) is 12.0 Å². The maximum Gasteiger partial charge on any atom is 0.337 e. The minimum absolute atomic E-state index is 0.302. The number of rotatable bonds is 2. The highest BCUT2D eigenvalue weighted by Gasteiger charge is 2.61. The molecular formula is C23H27N3O2. The van der Waals surface area contributed by atoms with Crippen LogP contribution in [0, 0.1) is 34.5 Å². The van der Waals surface area contributed by atoms with Gasteiger partial charge in [0.2, 0.25) is 0 Å². The number of anilines is 1. The van der Waals surface area contributed by atoms with Gasteiger partial charge in [-0.3, -0.25) is 0 Å². The average Bonchev–Trinajstić information content (AvgIpc) is 2.76. The third-order valence-corrected chi connectivity index (χ3v) is 7.37. The Hall–Kier alpha value is -2.53. The lowest BCUT2D eigenvalue weighted by Crippen LogP contribution is -2.71. The zero-order chi connectivity index (χ0) is 19.8. The number of carbonyl (C=O) groups is 1. The summed E-state index contributed by atoms with van der Waals surface area (Å²) in [5.41, 5.74) is 0.110. The molecule has 4 rings (SSSR count). The fourth-order valence-corrected chi connectivity index (χ4v) is 6.09. The number of methoxy groups -OCH3 is 1. The number of carbonyl (C=O) groups excluding carboxylic acids is 1. The summed E-state index contributed by atoms with van der Waals surface area (Å²) in [6.07, 6.45) is 9.08. The van der Waals surface area contributed by atoms with Crippen LogP contribution in [0.3, 0.4) is 0 Å². The summed E-state index contributed by atoms with van der Waals surface area (Å²) in [6, 6.07) is 12.7. The van der Waals surface area contributed by atoms with E-state index in [9.17, 15) is 15.3 Å². The molecule has 1 aliphatic heterocycles. The molecule has 0 N–H and O–H groups in total. The summed E-state index contributed by atoms with van der Waals surface area (Å²) in [5.74, 6) is 0.230. The van der Waals surface area contributed by atoms with Gasteiger partial charge in [-0.15, -0.1) is 0 Å². The van der Waals surface area contributed by atoms with Crippen LogP contribution in [-0.4, -0.2) is 24.2 Å². The van der Waals surface area contributed by atoms with E-state index in [1.807, 2.05) is 12.1 Å². The van der Waals surface area contributed by atoms with Gasteiger partial charge in [-0.25, -0.2) is 4.79 Å². The number of piperidine rings is 1. The van der Waals surface area contributed by atoms with E-state index in [0.29, 0.717) is 17.4 Å². The van der Waals surface area contributed by atoms with Crippen LogP contribution < -0.4 is 4.90 Å². The fourth-order valence-electron chi connectivity index (χ4n) is 6.09. The molecule has 146 valence electrons. The van der Waals surface area contributed by atoms with Crippen molar-refractivity contribution in [2.24, 2.45) is 11.8 Å². The van der Waals surface area contributed by atoms with Crippen molar-refractivity contribution >= 4 is 11.7 Å². The predicted molar refractivity (Wildman–Crippen MR) is 105 cm³/mol. The van der Waals surface area contributed by atoms with E-state index in [0.717, 1.165) is 63.5 Å². The molecule has 3 aliphatic rings. The Bertz CT molecular complexity index is 797. The molecule has 28 heavy (non-hydrogen) atoms. The Morgan fingerprint density at radius 2 is 1.54 bits per heavy atom. The minimum atomic E-state index is -0.630. The molecule has 0 aromatic heterocycles. The predicted octanol–water partition coefficient (Wildman–Crippen LogP) is 4.59. The second-order valence-electron chi connectivity index (χ2n) is 8.57. The van der Waals surface area contributed by atoms with E-state index in [4.69, 9.17) is 4.74 Å². The van der Waals surface area contributed by atoms with E-state index in [1.54, 1.807) is 12.1 Å². The van der Waals surface area contributed by atoms with Crippen molar-refractivity contribution in [1.82, 2.24) is 0 Å². The summed E-state index contributed by atoms with van der Waals surface area (Å²) in [7, 11) is 1.37. The van der Waals surface area contributed by atoms with Crippen LogP contribution in [-0.2, 0) is 4.74 Å². The Balaban J connectivity index is 1.86. The molecule has 0 unspecified atom stereocenters. The van der Waals surface area contributed by atoms with E-state index in [-0.39, 0.29) is 5.97 Å². The van der Waals surface area contributed by atoms with Crippen LogP contribution in [0.2, 0.25) is 0 Å². The van der Waals surface area contributed by atoms with Crippen molar-refractivity contribution in [3.8, 4) is 12.1 Å². The number of esters is 1. The molecule has 1 aromatic rings. The number of nitrogens with zero attached hydrogens (tertiary/aromatic N) is 3. The van der Waals surface area contributed by atoms with Crippen molar-refractivity contribution < 1.29 is 9.53 Å². The van der Waals surface area contributed by atoms with Gasteiger partial charge in [0.15, 0.2) is 0 Å². The highest BCUT2D eigenvalue weighted by atomic mass is 16.5. The first-order valence-corrected chi connectivity index (χ1v) is 10.4. The Kier molecular flexibility index (Phi) is 4.79. The molecule has 0 spiro atoms. The van der Waals surface area contributed by atoms with E-state index >= 15 is 0 Å². The molecule has 1 aromatic carbocycles. The zero-order valence-corrected chi connectivity index (χ0v) is 16.5. The minimum Gasteiger partial charge on any atom is -0.465 e. The van der Waals surface area contributed by atoms with Crippen LogP contribution in [0.25, 0.3) is 0 Å². The number of ether oxygens (including phenoxy) is 1. The monoisotopic (exact) mass is 377 g/mol. The number of benzene rings is 1. The van der Waals surface area contributed by atoms with Crippen LogP contribution in [0.1, 0.15) is 68.1 Å². The Labute approximate surface area is 166 Å². The van der Waals surface area contributed by atoms with Crippen molar-refractivity contribution in [3.05, 3.63) is 29.8 Å². The van der Waals surface area contributed by atoms with Crippen molar-refractivity contribution in [3.63, 3.8) is 0 Å². The fraction of sp³-hybridized carbons (Fsp3) is 0.609. The number of nitriles is 2. The molecule has 2 aliphatic carbocycles. The van der Waals surface area contributed by atoms with Gasteiger partial charge >= 0.3 is 5.97 Å². The average molecular weight is 377 g/mol. The lowest BCUT2D eigenvalue weighted by Gasteiger charge is -2.62. The van der Waals surface area contributed by atoms with Gasteiger partial charge in [0.1, 0.15) is 11.1 Å². The molecule has 0 amide bonds. The van der Waals surface area contributed by atoms with Crippen LogP contribution in [0.15, 0.2) is 24.3 Å². The van der Waals surface area contributed by atoms with E-state index < -0.39 is 11.1 Å². The number of fused-ring (bicyclic) bond motifs is 2. The lowest BCUT2D eigenvalue weighted by molar-refractivity contribution is 0.0599. The smallest absolute Gasteiger partial charge is 0.337 e. The summed E-state index contributed by atoms with van der Waals surface area (Å²) in [4.78, 5) is 14.0. The van der Waals surface area contributed by atoms with E-state index in [1.165, 1.54) is 7.11 Å². The third kappa shape index (κ3) is 2.60. The normalized spacial score (nSPS) is 34.3. The Morgan fingerprint density at radius 3 is 2.00 bits per heavy atom. The lowest BCUT2D eigenvalue weighted by atomic mass is 9.57. The second-order valence-corrected chi connectivity index (χ2v) is 8.57. The van der Waals surface area contributed by atoms with Gasteiger partial charge in [0, 0.05) is 5.69 Å². The van der Waals surface area contributed by atoms with Crippen LogP contribution >= 0.6 is 0 Å². The third-order valence-electron chi connectivity index (χ3n) is 7.37. The van der Waals surface area contributed by atoms with Gasteiger partial charge in [-0.2, -0.15) is 10.5 Å². The molecule has 2 saturated carbocycles. The molecule has 1 saturated heterocycles. The topological polar surface area (TPSA) is 77.1 Å². The molecule has 5 nitrogen and oxygen atoms in total. The standard InChI is InChI=1S/C23H27N3O2/c1-28-21(27)17-8-10-20(11-9-17)26-22(15-24)12-4-2-6-18(22)14-19-7-3-5-13-23(19,26)16-25/h8-11,18-19H,2-7,12-14H2,1H3/t18-,19+,22-,23+. The second kappa shape index (κ2) is 7.13. The van der Waals surface area contributed by atoms with Crippen LogP contribution in [0.4, 0.5) is 5.69 Å². The van der Waals surface area contributed by atoms with Gasteiger partial charge in [0.25, 0.3) is 0 Å². The van der Waals surface area contributed by atoms with Gasteiger partial charge in [-0.1, -0.05) is 25.7 Å². The van der Waals surface area contributed by atoms with Gasteiger partial charge in [-0.05, 0) is 68.2 Å². The number of hydrogen-bond acceptors (Lipinski definition) is 5. The summed E-state index contributed by atoms with van der Waals surface area (Å²) in [5, 5.41) is 20.8. The zero-order valence-electron chi connectivity index (χ0n) is 16.5. The molecule has 3 fully saturated rings. The van der Waals surface area contributed by atoms with Crippen molar-refractivity contribution in [1.29, 1.82) is 10.5 Å². The Morgan fingerprint density at radius 1 is 1.00 bits per heavy atom. The highest BCUT2D eigenvalue weighted by molar-refractivity contribution is 5.89. The molecule has 4 atom stereocenters. The number of hydrogen-bond donors (Lipinski definition) is 0. The maximum absolute atomic E-state index is 11.9. The molecule has 0 bridgehead atoms. The largest absolute Gasteiger partial charge is 0.465 e. The molecule has 1 heterocycles. The highest BCUT2D eigenvalue weighted by Crippen LogP contribution is 2.57. The molecule has 5 heteroatoms. The SMILES string of the molecule is COC(=O)c1ccc(N2[C@@]3(C#N)CCCC[C@@H]3C[C@@H]3CCCC[C@]32C#N)cc1. The first-order valence-electron chi connectivity index (χ1n) is 10.4. The van der Waals surface area contributed by atoms with Gasteiger partial charge in [0.05, 0.1) is 24.8 Å². The summed E-state index contributed by atoms with van der Waals surface area (Å²) < 4.78 is 4.82. The van der Waals surface area contributed by atoms with Gasteiger partial charge < -0.3 is 9.64 Å². The van der Waals surface area contributed by atoms with Crippen molar-refractivity contribution in [2.45, 2.75) is 68.9 Å². The molecular weight excluding hydrogens is 350 g/mol. The summed E-state index contributed by atoms with van der Waals surface area (Å²) in [6.45, 7) is 0. The summed E-state index contributed by atoms with van der Waals surface area (Å²) >= 11 is 0.